The number of rotatable bonds is 5. The predicted molar refractivity (Wildman–Crippen MR) is 105 cm³/mol. The average molecular weight is 375 g/mol. The summed E-state index contributed by atoms with van der Waals surface area (Å²) >= 11 is 1.67. The highest BCUT2D eigenvalue weighted by Gasteiger charge is 2.14. The molecule has 0 spiro atoms. The first-order chi connectivity index (χ1) is 12.7. The van der Waals surface area contributed by atoms with E-state index in [2.05, 4.69) is 39.8 Å². The Morgan fingerprint density at radius 1 is 1.23 bits per heavy atom. The zero-order valence-electron chi connectivity index (χ0n) is 15.5. The first-order valence-corrected chi connectivity index (χ1v) is 9.81. The molecule has 26 heavy (non-hydrogen) atoms. The van der Waals surface area contributed by atoms with Gasteiger partial charge in [0.05, 0.1) is 25.5 Å². The van der Waals surface area contributed by atoms with Crippen molar-refractivity contribution in [3.8, 4) is 11.5 Å². The van der Waals surface area contributed by atoms with Crippen LogP contribution in [0.3, 0.4) is 0 Å². The lowest BCUT2D eigenvalue weighted by Gasteiger charge is -2.15. The van der Waals surface area contributed by atoms with Crippen molar-refractivity contribution in [1.82, 2.24) is 15.6 Å². The van der Waals surface area contributed by atoms with Gasteiger partial charge >= 0.3 is 0 Å². The van der Waals surface area contributed by atoms with Gasteiger partial charge < -0.3 is 20.1 Å². The molecule has 1 aromatic heterocycles. The molecule has 1 aromatic carbocycles. The van der Waals surface area contributed by atoms with Crippen molar-refractivity contribution in [3.05, 3.63) is 39.8 Å². The van der Waals surface area contributed by atoms with E-state index in [1.807, 2.05) is 18.2 Å². The van der Waals surface area contributed by atoms with Gasteiger partial charge in [-0.1, -0.05) is 26.0 Å². The number of thiazole rings is 1. The van der Waals surface area contributed by atoms with Crippen LogP contribution in [0, 0.1) is 0 Å². The van der Waals surface area contributed by atoms with Crippen molar-refractivity contribution in [2.75, 3.05) is 20.3 Å². The Balaban J connectivity index is 1.57. The van der Waals surface area contributed by atoms with Gasteiger partial charge in [0.1, 0.15) is 5.01 Å². The fourth-order valence-corrected chi connectivity index (χ4v) is 3.52. The summed E-state index contributed by atoms with van der Waals surface area (Å²) in [7, 11) is 1.77. The molecule has 1 aliphatic heterocycles. The second kappa shape index (κ2) is 8.89. The summed E-state index contributed by atoms with van der Waals surface area (Å²) in [5, 5.41) is 9.83. The zero-order valence-corrected chi connectivity index (χ0v) is 16.4. The van der Waals surface area contributed by atoms with E-state index >= 15 is 0 Å². The average Bonchev–Trinajstić information content (AvgIpc) is 2.99. The molecule has 3 rings (SSSR count). The van der Waals surface area contributed by atoms with Crippen molar-refractivity contribution < 1.29 is 9.47 Å². The maximum absolute atomic E-state index is 5.87. The molecule has 6 nitrogen and oxygen atoms in total. The van der Waals surface area contributed by atoms with E-state index in [9.17, 15) is 0 Å². The van der Waals surface area contributed by atoms with Crippen LogP contribution in [0.25, 0.3) is 0 Å². The summed E-state index contributed by atoms with van der Waals surface area (Å²) in [6.45, 7) is 6.95. The standard InChI is InChI=1S/C19H26N4O2S/c1-13(2)15-12-26-17(23-15)11-22-19(20-3)21-10-14-6-4-7-16-18(14)25-9-5-8-24-16/h4,6-7,12-13H,5,8-11H2,1-3H3,(H2,20,21,22). The number of hydrogen-bond donors (Lipinski definition) is 2. The van der Waals surface area contributed by atoms with Crippen molar-refractivity contribution in [3.63, 3.8) is 0 Å². The van der Waals surface area contributed by atoms with E-state index in [4.69, 9.17) is 9.47 Å². The molecule has 0 amide bonds. The van der Waals surface area contributed by atoms with Gasteiger partial charge in [0, 0.05) is 31.0 Å². The van der Waals surface area contributed by atoms with Crippen LogP contribution in [0.15, 0.2) is 28.6 Å². The van der Waals surface area contributed by atoms with Crippen LogP contribution in [-0.2, 0) is 13.1 Å². The van der Waals surface area contributed by atoms with Gasteiger partial charge in [-0.2, -0.15) is 0 Å². The zero-order chi connectivity index (χ0) is 18.4. The highest BCUT2D eigenvalue weighted by Crippen LogP contribution is 2.33. The molecule has 0 aliphatic carbocycles. The largest absolute Gasteiger partial charge is 0.490 e. The number of nitrogens with zero attached hydrogens (tertiary/aromatic N) is 2. The second-order valence-corrected chi connectivity index (χ2v) is 7.34. The monoisotopic (exact) mass is 374 g/mol. The Morgan fingerprint density at radius 3 is 2.81 bits per heavy atom. The molecule has 0 radical (unpaired) electrons. The number of para-hydroxylation sites is 1. The molecule has 0 unspecified atom stereocenters. The van der Waals surface area contributed by atoms with E-state index in [1.165, 1.54) is 0 Å². The molecule has 140 valence electrons. The van der Waals surface area contributed by atoms with Gasteiger partial charge in [0.25, 0.3) is 0 Å². The lowest BCUT2D eigenvalue weighted by Crippen LogP contribution is -2.36. The Morgan fingerprint density at radius 2 is 2.04 bits per heavy atom. The van der Waals surface area contributed by atoms with Crippen molar-refractivity contribution in [1.29, 1.82) is 0 Å². The number of aliphatic imine (C=N–C) groups is 1. The van der Waals surface area contributed by atoms with Crippen molar-refractivity contribution in [2.24, 2.45) is 4.99 Å². The Kier molecular flexibility index (Phi) is 6.33. The number of benzene rings is 1. The third kappa shape index (κ3) is 4.66. The molecule has 0 atom stereocenters. The third-order valence-electron chi connectivity index (χ3n) is 4.09. The number of ether oxygens (including phenoxy) is 2. The van der Waals surface area contributed by atoms with Crippen molar-refractivity contribution >= 4 is 17.3 Å². The highest BCUT2D eigenvalue weighted by molar-refractivity contribution is 7.09. The van der Waals surface area contributed by atoms with E-state index in [1.54, 1.807) is 18.4 Å². The maximum Gasteiger partial charge on any atom is 0.191 e. The van der Waals surface area contributed by atoms with Crippen LogP contribution >= 0.6 is 11.3 Å². The van der Waals surface area contributed by atoms with E-state index in [-0.39, 0.29) is 0 Å². The molecule has 0 saturated carbocycles. The smallest absolute Gasteiger partial charge is 0.191 e. The van der Waals surface area contributed by atoms with E-state index in [0.717, 1.165) is 40.1 Å². The number of guanidine groups is 1. The SMILES string of the molecule is CN=C(NCc1nc(C(C)C)cs1)NCc1cccc2c1OCCCO2. The molecule has 2 heterocycles. The van der Waals surface area contributed by atoms with Gasteiger partial charge in [0.15, 0.2) is 17.5 Å². The van der Waals surface area contributed by atoms with Crippen LogP contribution in [0.5, 0.6) is 11.5 Å². The summed E-state index contributed by atoms with van der Waals surface area (Å²) in [4.78, 5) is 8.93. The molecule has 2 aromatic rings. The second-order valence-electron chi connectivity index (χ2n) is 6.40. The van der Waals surface area contributed by atoms with Crippen LogP contribution in [0.4, 0.5) is 0 Å². The number of aromatic nitrogens is 1. The van der Waals surface area contributed by atoms with E-state index < -0.39 is 0 Å². The predicted octanol–water partition coefficient (Wildman–Crippen LogP) is 3.29. The van der Waals surface area contributed by atoms with Gasteiger partial charge in [-0.05, 0) is 12.0 Å². The Labute approximate surface area is 158 Å². The lowest BCUT2D eigenvalue weighted by molar-refractivity contribution is 0.296. The number of hydrogen-bond acceptors (Lipinski definition) is 5. The van der Waals surface area contributed by atoms with E-state index in [0.29, 0.717) is 32.2 Å². The molecule has 0 bridgehead atoms. The minimum Gasteiger partial charge on any atom is -0.490 e. The molecule has 0 saturated heterocycles. The van der Waals surface area contributed by atoms with Crippen LogP contribution in [0.2, 0.25) is 0 Å². The van der Waals surface area contributed by atoms with Crippen LogP contribution in [0.1, 0.15) is 42.5 Å². The fraction of sp³-hybridized carbons (Fsp3) is 0.474. The van der Waals surface area contributed by atoms with Crippen LogP contribution in [-0.4, -0.2) is 31.2 Å². The minimum atomic E-state index is 0.452. The lowest BCUT2D eigenvalue weighted by atomic mass is 10.2. The quantitative estimate of drug-likeness (QED) is 0.621. The first-order valence-electron chi connectivity index (χ1n) is 8.93. The van der Waals surface area contributed by atoms with Gasteiger partial charge in [0.2, 0.25) is 0 Å². The highest BCUT2D eigenvalue weighted by atomic mass is 32.1. The third-order valence-corrected chi connectivity index (χ3v) is 4.96. The summed E-state index contributed by atoms with van der Waals surface area (Å²) in [5.41, 5.74) is 2.20. The fourth-order valence-electron chi connectivity index (χ4n) is 2.62. The summed E-state index contributed by atoms with van der Waals surface area (Å²) in [6, 6.07) is 5.99. The normalized spacial score (nSPS) is 14.2. The van der Waals surface area contributed by atoms with Crippen LogP contribution < -0.4 is 20.1 Å². The summed E-state index contributed by atoms with van der Waals surface area (Å²) in [6.07, 6.45) is 0.900. The molecule has 7 heteroatoms. The van der Waals surface area contributed by atoms with Gasteiger partial charge in [-0.3, -0.25) is 4.99 Å². The van der Waals surface area contributed by atoms with Gasteiger partial charge in [-0.15, -0.1) is 11.3 Å². The molecule has 2 N–H and O–H groups in total. The number of fused-ring (bicyclic) bond motifs is 1. The van der Waals surface area contributed by atoms with Gasteiger partial charge in [-0.25, -0.2) is 4.98 Å². The maximum atomic E-state index is 5.87. The molecular formula is C19H26N4O2S. The summed E-state index contributed by atoms with van der Waals surface area (Å²) < 4.78 is 11.6. The molecular weight excluding hydrogens is 348 g/mol. The first kappa shape index (κ1) is 18.5. The Hall–Kier alpha value is -2.28. The van der Waals surface area contributed by atoms with Crippen molar-refractivity contribution in [2.45, 2.75) is 39.3 Å². The molecule has 1 aliphatic rings. The molecule has 0 fully saturated rings. The Bertz CT molecular complexity index is 758. The topological polar surface area (TPSA) is 67.8 Å². The summed E-state index contributed by atoms with van der Waals surface area (Å²) in [5.74, 6) is 2.83. The number of nitrogens with one attached hydrogen (secondary N) is 2. The minimum absolute atomic E-state index is 0.452.